The van der Waals surface area contributed by atoms with E-state index in [4.69, 9.17) is 4.74 Å². The zero-order chi connectivity index (χ0) is 15.2. The normalized spacial score (nSPS) is 13.4. The van der Waals surface area contributed by atoms with E-state index in [0.717, 1.165) is 12.1 Å². The van der Waals surface area contributed by atoms with Gasteiger partial charge in [-0.1, -0.05) is 0 Å². The molecule has 0 spiro atoms. The first kappa shape index (κ1) is 16.9. The van der Waals surface area contributed by atoms with Gasteiger partial charge in [0.2, 0.25) is 10.0 Å². The van der Waals surface area contributed by atoms with Crippen molar-refractivity contribution in [3.8, 4) is 0 Å². The van der Waals surface area contributed by atoms with Crippen LogP contribution in [0.2, 0.25) is 0 Å². The Labute approximate surface area is 121 Å². The molecule has 0 heterocycles. The summed E-state index contributed by atoms with van der Waals surface area (Å²) < 4.78 is 31.5. The minimum absolute atomic E-state index is 0.119. The van der Waals surface area contributed by atoms with E-state index in [-0.39, 0.29) is 17.0 Å². The number of anilines is 1. The average Bonchev–Trinajstić information content (AvgIpc) is 2.35. The Balaban J connectivity index is 2.69. The number of hydrogen-bond donors (Lipinski definition) is 2. The van der Waals surface area contributed by atoms with E-state index in [9.17, 15) is 8.42 Å². The molecule has 114 valence electrons. The first-order valence-corrected chi connectivity index (χ1v) is 8.21. The summed E-state index contributed by atoms with van der Waals surface area (Å²) in [6.07, 6.45) is 0.894. The second-order valence-electron chi connectivity index (χ2n) is 5.13. The molecule has 0 radical (unpaired) electrons. The van der Waals surface area contributed by atoms with E-state index in [2.05, 4.69) is 17.0 Å². The number of benzene rings is 1. The van der Waals surface area contributed by atoms with Gasteiger partial charge in [-0.25, -0.2) is 13.1 Å². The predicted octanol–water partition coefficient (Wildman–Crippen LogP) is 2.21. The predicted molar refractivity (Wildman–Crippen MR) is 81.5 cm³/mol. The highest BCUT2D eigenvalue weighted by molar-refractivity contribution is 7.89. The van der Waals surface area contributed by atoms with Gasteiger partial charge >= 0.3 is 0 Å². The smallest absolute Gasteiger partial charge is 0.240 e. The van der Waals surface area contributed by atoms with Crippen LogP contribution in [0.1, 0.15) is 27.2 Å². The first-order valence-electron chi connectivity index (χ1n) is 6.73. The largest absolute Gasteiger partial charge is 0.385 e. The molecule has 5 nitrogen and oxygen atoms in total. The standard InChI is InChI=1S/C14H24N2O3S/c1-11(2)16-20(17,18)14-7-5-13(6-8-14)15-12(3)9-10-19-4/h5-8,11-12,15-16H,9-10H2,1-4H3. The minimum atomic E-state index is -3.42. The van der Waals surface area contributed by atoms with Crippen LogP contribution in [0.5, 0.6) is 0 Å². The lowest BCUT2D eigenvalue weighted by Gasteiger charge is -2.15. The molecular weight excluding hydrogens is 276 g/mol. The molecule has 2 N–H and O–H groups in total. The fourth-order valence-electron chi connectivity index (χ4n) is 1.76. The van der Waals surface area contributed by atoms with Crippen LogP contribution in [-0.2, 0) is 14.8 Å². The van der Waals surface area contributed by atoms with Crippen molar-refractivity contribution in [3.05, 3.63) is 24.3 Å². The van der Waals surface area contributed by atoms with Crippen molar-refractivity contribution >= 4 is 15.7 Å². The lowest BCUT2D eigenvalue weighted by atomic mass is 10.2. The maximum Gasteiger partial charge on any atom is 0.240 e. The third kappa shape index (κ3) is 5.48. The van der Waals surface area contributed by atoms with Crippen LogP contribution in [0.4, 0.5) is 5.69 Å². The molecule has 1 unspecified atom stereocenters. The molecule has 1 atom stereocenters. The third-order valence-corrected chi connectivity index (χ3v) is 4.40. The SMILES string of the molecule is COCCC(C)Nc1ccc(S(=O)(=O)NC(C)C)cc1. The van der Waals surface area contributed by atoms with Crippen molar-refractivity contribution < 1.29 is 13.2 Å². The molecule has 1 aromatic carbocycles. The van der Waals surface area contributed by atoms with Gasteiger partial charge in [-0.3, -0.25) is 0 Å². The maximum atomic E-state index is 12.0. The average molecular weight is 300 g/mol. The van der Waals surface area contributed by atoms with Crippen molar-refractivity contribution in [2.24, 2.45) is 0 Å². The molecule has 6 heteroatoms. The lowest BCUT2D eigenvalue weighted by Crippen LogP contribution is -2.30. The van der Waals surface area contributed by atoms with Gasteiger partial charge in [0.05, 0.1) is 4.90 Å². The Morgan fingerprint density at radius 3 is 2.25 bits per heavy atom. The molecule has 0 amide bonds. The fourth-order valence-corrected chi connectivity index (χ4v) is 3.01. The van der Waals surface area contributed by atoms with Gasteiger partial charge in [0.15, 0.2) is 0 Å². The zero-order valence-electron chi connectivity index (χ0n) is 12.5. The first-order chi connectivity index (χ1) is 9.35. The number of ether oxygens (including phenoxy) is 1. The molecule has 0 aliphatic rings. The molecule has 0 bridgehead atoms. The molecule has 0 aliphatic carbocycles. The van der Waals surface area contributed by atoms with Gasteiger partial charge in [0, 0.05) is 31.5 Å². The summed E-state index contributed by atoms with van der Waals surface area (Å²) in [4.78, 5) is 0.279. The van der Waals surface area contributed by atoms with Gasteiger partial charge < -0.3 is 10.1 Å². The van der Waals surface area contributed by atoms with Gasteiger partial charge in [0.25, 0.3) is 0 Å². The number of nitrogens with one attached hydrogen (secondary N) is 2. The zero-order valence-corrected chi connectivity index (χ0v) is 13.3. The van der Waals surface area contributed by atoms with Gasteiger partial charge in [-0.2, -0.15) is 0 Å². The number of rotatable bonds is 8. The molecule has 20 heavy (non-hydrogen) atoms. The summed E-state index contributed by atoms with van der Waals surface area (Å²) in [5, 5.41) is 3.30. The highest BCUT2D eigenvalue weighted by Gasteiger charge is 2.14. The van der Waals surface area contributed by atoms with Crippen LogP contribution in [0, 0.1) is 0 Å². The summed E-state index contributed by atoms with van der Waals surface area (Å²) in [6, 6.07) is 6.92. The molecule has 0 saturated heterocycles. The number of methoxy groups -OCH3 is 1. The van der Waals surface area contributed by atoms with Gasteiger partial charge in [0.1, 0.15) is 0 Å². The molecule has 1 aromatic rings. The van der Waals surface area contributed by atoms with E-state index < -0.39 is 10.0 Å². The summed E-state index contributed by atoms with van der Waals surface area (Å²) >= 11 is 0. The monoisotopic (exact) mass is 300 g/mol. The van der Waals surface area contributed by atoms with Crippen molar-refractivity contribution in [2.75, 3.05) is 19.0 Å². The Kier molecular flexibility index (Phi) is 6.45. The van der Waals surface area contributed by atoms with Crippen molar-refractivity contribution in [1.82, 2.24) is 4.72 Å². The van der Waals surface area contributed by atoms with Crippen LogP contribution in [0.3, 0.4) is 0 Å². The van der Waals surface area contributed by atoms with Gasteiger partial charge in [-0.15, -0.1) is 0 Å². The second kappa shape index (κ2) is 7.61. The van der Waals surface area contributed by atoms with E-state index in [1.807, 2.05) is 0 Å². The van der Waals surface area contributed by atoms with Crippen molar-refractivity contribution in [1.29, 1.82) is 0 Å². The van der Waals surface area contributed by atoms with Crippen LogP contribution in [0.15, 0.2) is 29.2 Å². The molecular formula is C14H24N2O3S. The van der Waals surface area contributed by atoms with Crippen LogP contribution >= 0.6 is 0 Å². The number of sulfonamides is 1. The quantitative estimate of drug-likeness (QED) is 0.772. The Hall–Kier alpha value is -1.11. The van der Waals surface area contributed by atoms with Gasteiger partial charge in [-0.05, 0) is 51.5 Å². The van der Waals surface area contributed by atoms with E-state index in [1.165, 1.54) is 0 Å². The van der Waals surface area contributed by atoms with E-state index in [1.54, 1.807) is 45.2 Å². The number of hydrogen-bond acceptors (Lipinski definition) is 4. The summed E-state index contributed by atoms with van der Waals surface area (Å²) in [6.45, 7) is 6.35. The molecule has 0 fully saturated rings. The minimum Gasteiger partial charge on any atom is -0.385 e. The highest BCUT2D eigenvalue weighted by Crippen LogP contribution is 2.15. The van der Waals surface area contributed by atoms with E-state index in [0.29, 0.717) is 6.61 Å². The summed E-state index contributed by atoms with van der Waals surface area (Å²) in [5.74, 6) is 0. The van der Waals surface area contributed by atoms with Crippen LogP contribution in [0.25, 0.3) is 0 Å². The molecule has 0 saturated carbocycles. The summed E-state index contributed by atoms with van der Waals surface area (Å²) in [5.41, 5.74) is 0.900. The molecule has 0 aliphatic heterocycles. The van der Waals surface area contributed by atoms with Crippen LogP contribution < -0.4 is 10.0 Å². The third-order valence-electron chi connectivity index (χ3n) is 2.72. The second-order valence-corrected chi connectivity index (χ2v) is 6.84. The van der Waals surface area contributed by atoms with Crippen LogP contribution in [-0.4, -0.2) is 34.2 Å². The lowest BCUT2D eigenvalue weighted by molar-refractivity contribution is 0.191. The maximum absolute atomic E-state index is 12.0. The Bertz CT molecular complexity index is 498. The highest BCUT2D eigenvalue weighted by atomic mass is 32.2. The fraction of sp³-hybridized carbons (Fsp3) is 0.571. The summed E-state index contributed by atoms with van der Waals surface area (Å²) in [7, 11) is -1.74. The van der Waals surface area contributed by atoms with Crippen molar-refractivity contribution in [3.63, 3.8) is 0 Å². The van der Waals surface area contributed by atoms with E-state index >= 15 is 0 Å². The van der Waals surface area contributed by atoms with Crippen molar-refractivity contribution in [2.45, 2.75) is 44.2 Å². The Morgan fingerprint density at radius 2 is 1.75 bits per heavy atom. The molecule has 0 aromatic heterocycles. The Morgan fingerprint density at radius 1 is 1.15 bits per heavy atom. The topological polar surface area (TPSA) is 67.4 Å². The molecule has 1 rings (SSSR count).